The Morgan fingerprint density at radius 3 is 3.00 bits per heavy atom. The SMILES string of the molecule is N[C@H](CNC(=O)C1CC2NCCCC2S1)C(=O)O. The molecular formula is C11H19N3O3S. The number of rotatable bonds is 4. The van der Waals surface area contributed by atoms with Gasteiger partial charge in [0.15, 0.2) is 0 Å². The van der Waals surface area contributed by atoms with Gasteiger partial charge in [-0.05, 0) is 25.8 Å². The number of thioether (sulfide) groups is 1. The Morgan fingerprint density at radius 1 is 1.56 bits per heavy atom. The molecule has 0 aromatic heterocycles. The number of carbonyl (C=O) groups excluding carboxylic acids is 1. The third-order valence-electron chi connectivity index (χ3n) is 3.43. The molecule has 5 N–H and O–H groups in total. The van der Waals surface area contributed by atoms with Gasteiger partial charge in [-0.1, -0.05) is 0 Å². The molecule has 1 amide bonds. The quantitative estimate of drug-likeness (QED) is 0.531. The average Bonchev–Trinajstić information content (AvgIpc) is 2.79. The highest BCUT2D eigenvalue weighted by Crippen LogP contribution is 2.38. The van der Waals surface area contributed by atoms with Crippen LogP contribution in [0.2, 0.25) is 0 Å². The van der Waals surface area contributed by atoms with Gasteiger partial charge in [-0.2, -0.15) is 0 Å². The molecule has 2 saturated heterocycles. The van der Waals surface area contributed by atoms with E-state index in [0.717, 1.165) is 25.8 Å². The summed E-state index contributed by atoms with van der Waals surface area (Å²) in [6.07, 6.45) is 3.14. The maximum absolute atomic E-state index is 11.9. The Balaban J connectivity index is 1.78. The first kappa shape index (κ1) is 13.6. The molecule has 0 saturated carbocycles. The normalized spacial score (nSPS) is 32.6. The lowest BCUT2D eigenvalue weighted by Gasteiger charge is -2.25. The van der Waals surface area contributed by atoms with Crippen LogP contribution in [0.3, 0.4) is 0 Å². The van der Waals surface area contributed by atoms with Crippen LogP contribution in [0.25, 0.3) is 0 Å². The van der Waals surface area contributed by atoms with Crippen molar-refractivity contribution in [2.45, 2.75) is 41.8 Å². The van der Waals surface area contributed by atoms with Crippen LogP contribution in [0.1, 0.15) is 19.3 Å². The Bertz CT molecular complexity index is 325. The van der Waals surface area contributed by atoms with Gasteiger partial charge in [-0.15, -0.1) is 11.8 Å². The van der Waals surface area contributed by atoms with Crippen LogP contribution in [-0.4, -0.2) is 52.7 Å². The molecule has 2 rings (SSSR count). The van der Waals surface area contributed by atoms with Gasteiger partial charge in [-0.3, -0.25) is 9.59 Å². The molecule has 6 nitrogen and oxygen atoms in total. The van der Waals surface area contributed by atoms with Crippen molar-refractivity contribution in [2.24, 2.45) is 5.73 Å². The van der Waals surface area contributed by atoms with Crippen LogP contribution in [0.5, 0.6) is 0 Å². The van der Waals surface area contributed by atoms with Crippen molar-refractivity contribution < 1.29 is 14.7 Å². The van der Waals surface area contributed by atoms with E-state index in [1.807, 2.05) is 0 Å². The van der Waals surface area contributed by atoms with E-state index in [4.69, 9.17) is 10.8 Å². The van der Waals surface area contributed by atoms with Crippen LogP contribution in [0.15, 0.2) is 0 Å². The second kappa shape index (κ2) is 5.90. The summed E-state index contributed by atoms with van der Waals surface area (Å²) in [5.74, 6) is -1.18. The summed E-state index contributed by atoms with van der Waals surface area (Å²) < 4.78 is 0. The second-order valence-corrected chi connectivity index (χ2v) is 6.24. The zero-order valence-corrected chi connectivity index (χ0v) is 10.9. The Hall–Kier alpha value is -0.790. The first-order valence-electron chi connectivity index (χ1n) is 6.23. The number of amides is 1. The van der Waals surface area contributed by atoms with E-state index in [9.17, 15) is 9.59 Å². The van der Waals surface area contributed by atoms with Crippen molar-refractivity contribution in [2.75, 3.05) is 13.1 Å². The second-order valence-electron chi connectivity index (χ2n) is 4.79. The van der Waals surface area contributed by atoms with Crippen LogP contribution >= 0.6 is 11.8 Å². The maximum Gasteiger partial charge on any atom is 0.322 e. The summed E-state index contributed by atoms with van der Waals surface area (Å²) >= 11 is 1.70. The summed E-state index contributed by atoms with van der Waals surface area (Å²) in [4.78, 5) is 22.5. The van der Waals surface area contributed by atoms with Crippen LogP contribution in [0, 0.1) is 0 Å². The molecule has 3 unspecified atom stereocenters. The highest BCUT2D eigenvalue weighted by molar-refractivity contribution is 8.01. The van der Waals surface area contributed by atoms with Gasteiger partial charge < -0.3 is 21.5 Å². The number of nitrogens with one attached hydrogen (secondary N) is 2. The molecule has 102 valence electrons. The molecule has 2 aliphatic heterocycles. The van der Waals surface area contributed by atoms with Crippen LogP contribution < -0.4 is 16.4 Å². The van der Waals surface area contributed by atoms with Crippen molar-refractivity contribution in [1.29, 1.82) is 0 Å². The minimum Gasteiger partial charge on any atom is -0.480 e. The van der Waals surface area contributed by atoms with E-state index < -0.39 is 12.0 Å². The number of hydrogen-bond acceptors (Lipinski definition) is 5. The first-order chi connectivity index (χ1) is 8.58. The third-order valence-corrected chi connectivity index (χ3v) is 5.08. The fraction of sp³-hybridized carbons (Fsp3) is 0.818. The number of carboxylic acid groups (broad SMARTS) is 1. The zero-order chi connectivity index (χ0) is 13.1. The molecule has 0 aromatic carbocycles. The summed E-state index contributed by atoms with van der Waals surface area (Å²) in [7, 11) is 0. The number of carbonyl (C=O) groups is 2. The molecule has 0 aliphatic carbocycles. The molecule has 7 heteroatoms. The first-order valence-corrected chi connectivity index (χ1v) is 7.17. The third kappa shape index (κ3) is 3.15. The summed E-state index contributed by atoms with van der Waals surface area (Å²) in [6.45, 7) is 1.02. The zero-order valence-electron chi connectivity index (χ0n) is 10.1. The minimum atomic E-state index is -1.09. The number of hydrogen-bond donors (Lipinski definition) is 4. The summed E-state index contributed by atoms with van der Waals surface area (Å²) in [6, 6.07) is -0.603. The van der Waals surface area contributed by atoms with Crippen molar-refractivity contribution in [3.8, 4) is 0 Å². The summed E-state index contributed by atoms with van der Waals surface area (Å²) in [5.41, 5.74) is 5.35. The molecule has 2 aliphatic rings. The van der Waals surface area contributed by atoms with Crippen molar-refractivity contribution in [3.05, 3.63) is 0 Å². The predicted molar refractivity (Wildman–Crippen MR) is 69.4 cm³/mol. The van der Waals surface area contributed by atoms with Crippen LogP contribution in [0.4, 0.5) is 0 Å². The van der Waals surface area contributed by atoms with E-state index >= 15 is 0 Å². The van der Waals surface area contributed by atoms with Crippen LogP contribution in [-0.2, 0) is 9.59 Å². The van der Waals surface area contributed by atoms with Crippen molar-refractivity contribution in [1.82, 2.24) is 10.6 Å². The molecular weight excluding hydrogens is 254 g/mol. The van der Waals surface area contributed by atoms with Gasteiger partial charge >= 0.3 is 5.97 Å². The Labute approximate surface area is 110 Å². The minimum absolute atomic E-state index is 0.00596. The van der Waals surface area contributed by atoms with Gasteiger partial charge in [0.25, 0.3) is 0 Å². The Kier molecular flexibility index (Phi) is 4.47. The van der Waals surface area contributed by atoms with Crippen molar-refractivity contribution >= 4 is 23.6 Å². The highest BCUT2D eigenvalue weighted by atomic mass is 32.2. The molecule has 2 heterocycles. The molecule has 0 aromatic rings. The van der Waals surface area contributed by atoms with Gasteiger partial charge in [0.1, 0.15) is 6.04 Å². The molecule has 0 spiro atoms. The maximum atomic E-state index is 11.9. The monoisotopic (exact) mass is 273 g/mol. The van der Waals surface area contributed by atoms with E-state index in [2.05, 4.69) is 10.6 Å². The standard InChI is InChI=1S/C11H19N3O3S/c12-6(11(16)17)5-14-10(15)9-4-7-8(18-9)2-1-3-13-7/h6-9,13H,1-5,12H2,(H,14,15)(H,16,17)/t6-,7?,8?,9?/m1/s1. The summed E-state index contributed by atoms with van der Waals surface area (Å²) in [5, 5.41) is 15.1. The van der Waals surface area contributed by atoms with Gasteiger partial charge in [-0.25, -0.2) is 0 Å². The topological polar surface area (TPSA) is 104 Å². The fourth-order valence-corrected chi connectivity index (χ4v) is 4.05. The van der Waals surface area contributed by atoms with Crippen molar-refractivity contribution in [3.63, 3.8) is 0 Å². The van der Waals surface area contributed by atoms with E-state index in [0.29, 0.717) is 11.3 Å². The van der Waals surface area contributed by atoms with Gasteiger partial charge in [0.05, 0.1) is 5.25 Å². The number of aliphatic carboxylic acids is 1. The molecule has 2 fully saturated rings. The van der Waals surface area contributed by atoms with E-state index in [-0.39, 0.29) is 17.7 Å². The largest absolute Gasteiger partial charge is 0.480 e. The lowest BCUT2D eigenvalue weighted by atomic mass is 10.0. The smallest absolute Gasteiger partial charge is 0.322 e. The van der Waals surface area contributed by atoms with Gasteiger partial charge in [0.2, 0.25) is 5.91 Å². The average molecular weight is 273 g/mol. The molecule has 4 atom stereocenters. The molecule has 0 radical (unpaired) electrons. The predicted octanol–water partition coefficient (Wildman–Crippen LogP) is -0.859. The fourth-order valence-electron chi connectivity index (χ4n) is 2.40. The number of fused-ring (bicyclic) bond motifs is 1. The number of nitrogens with two attached hydrogens (primary N) is 1. The van der Waals surface area contributed by atoms with Gasteiger partial charge in [0, 0.05) is 17.8 Å². The lowest BCUT2D eigenvalue weighted by molar-refractivity contribution is -0.138. The number of carboxylic acids is 1. The molecule has 18 heavy (non-hydrogen) atoms. The van der Waals surface area contributed by atoms with E-state index in [1.54, 1.807) is 11.8 Å². The number of piperidine rings is 1. The Morgan fingerprint density at radius 2 is 2.33 bits per heavy atom. The highest BCUT2D eigenvalue weighted by Gasteiger charge is 2.39. The van der Waals surface area contributed by atoms with E-state index in [1.165, 1.54) is 0 Å². The lowest BCUT2D eigenvalue weighted by Crippen LogP contribution is -2.45. The molecule has 0 bridgehead atoms.